The highest BCUT2D eigenvalue weighted by atomic mass is 35.5. The Kier molecular flexibility index (Phi) is 4.81. The number of anilines is 2. The summed E-state index contributed by atoms with van der Waals surface area (Å²) in [6.07, 6.45) is 0.341. The molecule has 2 aromatic carbocycles. The monoisotopic (exact) mass is 359 g/mol. The molecular weight excluding hydrogens is 345 g/mol. The maximum Gasteiger partial charge on any atom is 0.271 e. The van der Waals surface area contributed by atoms with Crippen molar-refractivity contribution in [2.45, 2.75) is 19.8 Å². The summed E-state index contributed by atoms with van der Waals surface area (Å²) in [5.74, 6) is -1.47. The lowest BCUT2D eigenvalue weighted by atomic mass is 10.1. The number of nitrogens with one attached hydrogen (secondary N) is 1. The number of halogens is 2. The number of hydrazone groups is 1. The van der Waals surface area contributed by atoms with Gasteiger partial charge in [0.2, 0.25) is 5.91 Å². The predicted octanol–water partition coefficient (Wildman–Crippen LogP) is 3.91. The Labute approximate surface area is 149 Å². The summed E-state index contributed by atoms with van der Waals surface area (Å²) in [7, 11) is 0. The fraction of sp³-hybridized carbons (Fsp3) is 0.167. The number of aryl methyl sites for hydroxylation is 1. The summed E-state index contributed by atoms with van der Waals surface area (Å²) in [5, 5.41) is 7.73. The Morgan fingerprint density at radius 3 is 2.76 bits per heavy atom. The van der Waals surface area contributed by atoms with Crippen LogP contribution >= 0.6 is 11.6 Å². The molecule has 7 heteroatoms. The van der Waals surface area contributed by atoms with E-state index >= 15 is 0 Å². The van der Waals surface area contributed by atoms with Crippen LogP contribution in [-0.4, -0.2) is 17.5 Å². The summed E-state index contributed by atoms with van der Waals surface area (Å²) in [5.41, 5.74) is 1.68. The number of carbonyl (C=O) groups is 2. The normalized spacial score (nSPS) is 14.3. The summed E-state index contributed by atoms with van der Waals surface area (Å²) in [6, 6.07) is 11.6. The molecular formula is C18H15ClFN3O2. The molecule has 0 spiro atoms. The molecule has 3 rings (SSSR count). The first kappa shape index (κ1) is 17.1. The van der Waals surface area contributed by atoms with E-state index in [2.05, 4.69) is 10.4 Å². The maximum absolute atomic E-state index is 13.9. The van der Waals surface area contributed by atoms with E-state index in [0.717, 1.165) is 5.56 Å². The molecule has 0 unspecified atom stereocenters. The van der Waals surface area contributed by atoms with Gasteiger partial charge in [-0.05, 0) is 36.8 Å². The number of rotatable bonds is 3. The summed E-state index contributed by atoms with van der Waals surface area (Å²) in [4.78, 5) is 24.5. The molecule has 0 atom stereocenters. The lowest BCUT2D eigenvalue weighted by molar-refractivity contribution is -0.118. The van der Waals surface area contributed by atoms with Crippen LogP contribution in [-0.2, 0) is 9.59 Å². The molecule has 0 aromatic heterocycles. The zero-order valence-corrected chi connectivity index (χ0v) is 14.2. The van der Waals surface area contributed by atoms with Crippen LogP contribution in [0, 0.1) is 12.7 Å². The molecule has 2 amide bonds. The number of hydrogen-bond acceptors (Lipinski definition) is 3. The summed E-state index contributed by atoms with van der Waals surface area (Å²) >= 11 is 5.71. The molecule has 128 valence electrons. The zero-order chi connectivity index (χ0) is 18.0. The number of benzene rings is 2. The molecule has 5 nitrogen and oxygen atoms in total. The third-order valence-electron chi connectivity index (χ3n) is 3.74. The molecule has 2 aromatic rings. The van der Waals surface area contributed by atoms with Crippen LogP contribution in [0.2, 0.25) is 5.02 Å². The highest BCUT2D eigenvalue weighted by Gasteiger charge is 2.26. The van der Waals surface area contributed by atoms with E-state index in [1.165, 1.54) is 23.2 Å². The zero-order valence-electron chi connectivity index (χ0n) is 13.4. The van der Waals surface area contributed by atoms with Crippen molar-refractivity contribution < 1.29 is 14.0 Å². The van der Waals surface area contributed by atoms with Crippen LogP contribution in [0.5, 0.6) is 0 Å². The van der Waals surface area contributed by atoms with E-state index in [9.17, 15) is 14.0 Å². The molecule has 0 aliphatic carbocycles. The first-order valence-corrected chi connectivity index (χ1v) is 8.06. The van der Waals surface area contributed by atoms with Gasteiger partial charge in [0.05, 0.1) is 16.4 Å². The highest BCUT2D eigenvalue weighted by Crippen LogP contribution is 2.24. The molecule has 0 bridgehead atoms. The van der Waals surface area contributed by atoms with Gasteiger partial charge < -0.3 is 5.32 Å². The van der Waals surface area contributed by atoms with Gasteiger partial charge in [-0.1, -0.05) is 29.8 Å². The minimum atomic E-state index is -0.708. The van der Waals surface area contributed by atoms with Crippen LogP contribution in [0.15, 0.2) is 47.6 Å². The third kappa shape index (κ3) is 3.69. The molecule has 0 radical (unpaired) electrons. The van der Waals surface area contributed by atoms with Crippen LogP contribution in [0.4, 0.5) is 15.8 Å². The van der Waals surface area contributed by atoms with Crippen LogP contribution in [0.3, 0.4) is 0 Å². The van der Waals surface area contributed by atoms with Crippen molar-refractivity contribution in [2.75, 3.05) is 10.3 Å². The lowest BCUT2D eigenvalue weighted by Crippen LogP contribution is -2.36. The minimum absolute atomic E-state index is 0.0285. The summed E-state index contributed by atoms with van der Waals surface area (Å²) in [6.45, 7) is 1.90. The first-order chi connectivity index (χ1) is 12.0. The molecule has 1 aliphatic rings. The molecule has 1 N–H and O–H groups in total. The van der Waals surface area contributed by atoms with E-state index < -0.39 is 11.7 Å². The maximum atomic E-state index is 13.9. The van der Waals surface area contributed by atoms with Crippen molar-refractivity contribution in [1.29, 1.82) is 0 Å². The minimum Gasteiger partial charge on any atom is -0.318 e. The lowest BCUT2D eigenvalue weighted by Gasteiger charge is -2.23. The third-order valence-corrected chi connectivity index (χ3v) is 4.03. The van der Waals surface area contributed by atoms with Crippen LogP contribution in [0.1, 0.15) is 18.4 Å². The second-order valence-corrected chi connectivity index (χ2v) is 6.05. The molecule has 1 aliphatic heterocycles. The molecule has 0 saturated heterocycles. The van der Waals surface area contributed by atoms with E-state index in [4.69, 9.17) is 11.6 Å². The Balaban J connectivity index is 1.86. The van der Waals surface area contributed by atoms with Crippen molar-refractivity contribution in [3.05, 3.63) is 58.9 Å². The Morgan fingerprint density at radius 2 is 2.00 bits per heavy atom. The molecule has 1 heterocycles. The number of nitrogens with zero attached hydrogens (tertiary/aromatic N) is 2. The first-order valence-electron chi connectivity index (χ1n) is 7.68. The number of carbonyl (C=O) groups excluding carboxylic acids is 2. The van der Waals surface area contributed by atoms with Gasteiger partial charge in [-0.25, -0.2) is 9.40 Å². The smallest absolute Gasteiger partial charge is 0.271 e. The van der Waals surface area contributed by atoms with Crippen molar-refractivity contribution in [3.63, 3.8) is 0 Å². The number of amides is 2. The van der Waals surface area contributed by atoms with E-state index in [-0.39, 0.29) is 35.2 Å². The van der Waals surface area contributed by atoms with Crippen molar-refractivity contribution in [3.8, 4) is 0 Å². The average molecular weight is 360 g/mol. The summed E-state index contributed by atoms with van der Waals surface area (Å²) < 4.78 is 13.9. The van der Waals surface area contributed by atoms with Crippen molar-refractivity contribution in [1.82, 2.24) is 0 Å². The molecule has 25 heavy (non-hydrogen) atoms. The van der Waals surface area contributed by atoms with Crippen molar-refractivity contribution >= 4 is 40.5 Å². The van der Waals surface area contributed by atoms with Gasteiger partial charge in [0.15, 0.2) is 5.82 Å². The Morgan fingerprint density at radius 1 is 1.24 bits per heavy atom. The van der Waals surface area contributed by atoms with Gasteiger partial charge in [-0.15, -0.1) is 0 Å². The average Bonchev–Trinajstić information content (AvgIpc) is 2.59. The fourth-order valence-electron chi connectivity index (χ4n) is 2.47. The van der Waals surface area contributed by atoms with Gasteiger partial charge in [-0.3, -0.25) is 9.59 Å². The highest BCUT2D eigenvalue weighted by molar-refractivity contribution is 6.44. The van der Waals surface area contributed by atoms with Crippen LogP contribution in [0.25, 0.3) is 0 Å². The SMILES string of the molecule is Cc1cccc(N2N=C(C(=O)Nc3cccc(Cl)c3F)CCC2=O)c1. The van der Waals surface area contributed by atoms with Crippen LogP contribution < -0.4 is 10.3 Å². The Hall–Kier alpha value is -2.73. The fourth-order valence-corrected chi connectivity index (χ4v) is 2.65. The largest absolute Gasteiger partial charge is 0.318 e. The quantitative estimate of drug-likeness (QED) is 0.903. The van der Waals surface area contributed by atoms with Gasteiger partial charge in [0, 0.05) is 12.8 Å². The van der Waals surface area contributed by atoms with E-state index in [0.29, 0.717) is 5.69 Å². The second-order valence-electron chi connectivity index (χ2n) is 5.65. The number of hydrogen-bond donors (Lipinski definition) is 1. The van der Waals surface area contributed by atoms with Gasteiger partial charge >= 0.3 is 0 Å². The van der Waals surface area contributed by atoms with E-state index in [1.54, 1.807) is 12.1 Å². The van der Waals surface area contributed by atoms with Gasteiger partial charge in [0.25, 0.3) is 5.91 Å². The Bertz CT molecular complexity index is 882. The molecule has 0 saturated carbocycles. The van der Waals surface area contributed by atoms with E-state index in [1.807, 2.05) is 19.1 Å². The predicted molar refractivity (Wildman–Crippen MR) is 95.4 cm³/mol. The standard InChI is InChI=1S/C18H15ClFN3O2/c1-11-4-2-5-12(10-11)23-16(24)9-8-15(22-23)18(25)21-14-7-3-6-13(19)17(14)20/h2-7,10H,8-9H2,1H3,(H,21,25). The topological polar surface area (TPSA) is 61.8 Å². The van der Waals surface area contributed by atoms with Gasteiger partial charge in [0.1, 0.15) is 5.71 Å². The van der Waals surface area contributed by atoms with Crippen molar-refractivity contribution in [2.24, 2.45) is 5.10 Å². The molecule has 0 fully saturated rings. The second kappa shape index (κ2) is 7.03. The van der Waals surface area contributed by atoms with Gasteiger partial charge in [-0.2, -0.15) is 5.10 Å².